The van der Waals surface area contributed by atoms with Gasteiger partial charge in [0.05, 0.1) is 5.88 Å². The lowest BCUT2D eigenvalue weighted by molar-refractivity contribution is -0.130. The van der Waals surface area contributed by atoms with Crippen molar-refractivity contribution in [2.75, 3.05) is 13.1 Å². The topological polar surface area (TPSA) is 51.0 Å². The molecule has 3 heterocycles. The largest absolute Gasteiger partial charge is 0.341 e. The molecule has 5 nitrogen and oxygen atoms in total. The summed E-state index contributed by atoms with van der Waals surface area (Å²) in [4.78, 5) is 23.1. The van der Waals surface area contributed by atoms with Gasteiger partial charge in [-0.2, -0.15) is 0 Å². The number of carbonyl (C=O) groups is 1. The van der Waals surface area contributed by atoms with E-state index in [0.29, 0.717) is 5.82 Å². The lowest BCUT2D eigenvalue weighted by Gasteiger charge is -2.16. The fraction of sp³-hybridized carbons (Fsp3) is 0.500. The van der Waals surface area contributed by atoms with Crippen LogP contribution in [0.2, 0.25) is 0 Å². The van der Waals surface area contributed by atoms with Gasteiger partial charge in [0, 0.05) is 19.3 Å². The van der Waals surface area contributed by atoms with Gasteiger partial charge in [0.25, 0.3) is 0 Å². The lowest BCUT2D eigenvalue weighted by atomic mass is 10.3. The SMILES string of the molecule is Cc1cnc2c(c1)nc(CCl)n2CC(=O)N1CCCC1. The van der Waals surface area contributed by atoms with Crippen molar-refractivity contribution in [2.45, 2.75) is 32.2 Å². The maximum absolute atomic E-state index is 12.3. The van der Waals surface area contributed by atoms with Crippen LogP contribution >= 0.6 is 11.6 Å². The summed E-state index contributed by atoms with van der Waals surface area (Å²) in [5.74, 6) is 1.10. The summed E-state index contributed by atoms with van der Waals surface area (Å²) in [6, 6.07) is 1.97. The van der Waals surface area contributed by atoms with Crippen molar-refractivity contribution in [2.24, 2.45) is 0 Å². The second-order valence-corrected chi connectivity index (χ2v) is 5.46. The van der Waals surface area contributed by atoms with E-state index >= 15 is 0 Å². The summed E-state index contributed by atoms with van der Waals surface area (Å²) in [6.07, 6.45) is 3.98. The van der Waals surface area contributed by atoms with Crippen molar-refractivity contribution in [3.05, 3.63) is 23.7 Å². The Morgan fingerprint density at radius 3 is 2.85 bits per heavy atom. The third kappa shape index (κ3) is 2.38. The fourth-order valence-electron chi connectivity index (χ4n) is 2.63. The minimum Gasteiger partial charge on any atom is -0.341 e. The van der Waals surface area contributed by atoms with Crippen molar-refractivity contribution >= 4 is 28.7 Å². The van der Waals surface area contributed by atoms with E-state index in [4.69, 9.17) is 11.6 Å². The Bertz CT molecular complexity index is 646. The molecule has 2 aromatic heterocycles. The molecule has 0 N–H and O–H groups in total. The summed E-state index contributed by atoms with van der Waals surface area (Å²) in [5.41, 5.74) is 2.59. The van der Waals surface area contributed by atoms with Gasteiger partial charge in [0.1, 0.15) is 17.9 Å². The van der Waals surface area contributed by atoms with E-state index < -0.39 is 0 Å². The molecule has 0 spiro atoms. The Morgan fingerprint density at radius 2 is 2.15 bits per heavy atom. The van der Waals surface area contributed by atoms with Crippen LogP contribution in [0.15, 0.2) is 12.3 Å². The Hall–Kier alpha value is -1.62. The fourth-order valence-corrected chi connectivity index (χ4v) is 2.83. The molecule has 0 aliphatic carbocycles. The minimum absolute atomic E-state index is 0.121. The van der Waals surface area contributed by atoms with E-state index in [2.05, 4.69) is 9.97 Å². The number of aromatic nitrogens is 3. The number of carbonyl (C=O) groups excluding carboxylic acids is 1. The predicted octanol–water partition coefficient (Wildman–Crippen LogP) is 2.10. The first-order valence-electron chi connectivity index (χ1n) is 6.84. The number of pyridine rings is 1. The van der Waals surface area contributed by atoms with Crippen LogP contribution < -0.4 is 0 Å². The van der Waals surface area contributed by atoms with Crippen LogP contribution in [0.3, 0.4) is 0 Å². The maximum atomic E-state index is 12.3. The van der Waals surface area contributed by atoms with Gasteiger partial charge in [0.15, 0.2) is 5.65 Å². The highest BCUT2D eigenvalue weighted by molar-refractivity contribution is 6.16. The Morgan fingerprint density at radius 1 is 1.40 bits per heavy atom. The van der Waals surface area contributed by atoms with E-state index in [1.807, 2.05) is 22.5 Å². The lowest BCUT2D eigenvalue weighted by Crippen LogP contribution is -2.31. The molecule has 6 heteroatoms. The number of alkyl halides is 1. The molecule has 1 saturated heterocycles. The highest BCUT2D eigenvalue weighted by Crippen LogP contribution is 2.18. The van der Waals surface area contributed by atoms with Gasteiger partial charge in [-0.15, -0.1) is 11.6 Å². The molecule has 0 unspecified atom stereocenters. The molecule has 106 valence electrons. The zero-order valence-electron chi connectivity index (χ0n) is 11.5. The van der Waals surface area contributed by atoms with E-state index in [1.165, 1.54) is 0 Å². The number of halogens is 1. The van der Waals surface area contributed by atoms with Gasteiger partial charge in [0.2, 0.25) is 5.91 Å². The second-order valence-electron chi connectivity index (χ2n) is 5.19. The Kier molecular flexibility index (Phi) is 3.61. The minimum atomic E-state index is 0.121. The molecular weight excluding hydrogens is 276 g/mol. The second kappa shape index (κ2) is 5.40. The summed E-state index contributed by atoms with van der Waals surface area (Å²) < 4.78 is 1.84. The van der Waals surface area contributed by atoms with Crippen molar-refractivity contribution in [3.63, 3.8) is 0 Å². The average molecular weight is 293 g/mol. The van der Waals surface area contributed by atoms with Gasteiger partial charge in [-0.3, -0.25) is 4.79 Å². The van der Waals surface area contributed by atoms with E-state index in [9.17, 15) is 4.79 Å². The molecule has 0 aromatic carbocycles. The number of aryl methyl sites for hydroxylation is 1. The van der Waals surface area contributed by atoms with Gasteiger partial charge >= 0.3 is 0 Å². The number of likely N-dealkylation sites (tertiary alicyclic amines) is 1. The van der Waals surface area contributed by atoms with Gasteiger partial charge < -0.3 is 9.47 Å². The highest BCUT2D eigenvalue weighted by atomic mass is 35.5. The van der Waals surface area contributed by atoms with Crippen LogP contribution in [0, 0.1) is 6.92 Å². The van der Waals surface area contributed by atoms with Crippen molar-refractivity contribution < 1.29 is 4.79 Å². The molecule has 20 heavy (non-hydrogen) atoms. The third-order valence-corrected chi connectivity index (χ3v) is 3.91. The smallest absolute Gasteiger partial charge is 0.242 e. The number of hydrogen-bond acceptors (Lipinski definition) is 3. The normalized spacial score (nSPS) is 15.2. The molecule has 0 bridgehead atoms. The summed E-state index contributed by atoms with van der Waals surface area (Å²) in [5, 5.41) is 0. The molecule has 3 rings (SSSR count). The van der Waals surface area contributed by atoms with Gasteiger partial charge in [-0.1, -0.05) is 0 Å². The number of nitrogens with zero attached hydrogens (tertiary/aromatic N) is 4. The molecule has 2 aromatic rings. The van der Waals surface area contributed by atoms with Crippen molar-refractivity contribution in [1.29, 1.82) is 0 Å². The highest BCUT2D eigenvalue weighted by Gasteiger charge is 2.21. The summed E-state index contributed by atoms with van der Waals surface area (Å²) >= 11 is 5.95. The number of imidazole rings is 1. The molecule has 1 aliphatic rings. The van der Waals surface area contributed by atoms with Gasteiger partial charge in [-0.05, 0) is 31.4 Å². The number of amides is 1. The van der Waals surface area contributed by atoms with Crippen LogP contribution in [-0.2, 0) is 17.2 Å². The third-order valence-electron chi connectivity index (χ3n) is 3.67. The van der Waals surface area contributed by atoms with Crippen LogP contribution in [0.1, 0.15) is 24.2 Å². The van der Waals surface area contributed by atoms with Crippen LogP contribution in [0.25, 0.3) is 11.2 Å². The first kappa shape index (κ1) is 13.4. The molecule has 1 amide bonds. The van der Waals surface area contributed by atoms with Crippen LogP contribution in [-0.4, -0.2) is 38.4 Å². The monoisotopic (exact) mass is 292 g/mol. The molecular formula is C14H17ClN4O. The standard InChI is InChI=1S/C14H17ClN4O/c1-10-6-11-14(16-8-10)19(12(7-15)17-11)9-13(20)18-4-2-3-5-18/h6,8H,2-5,7,9H2,1H3. The first-order chi connectivity index (χ1) is 9.69. The molecule has 1 fully saturated rings. The number of rotatable bonds is 3. The van der Waals surface area contributed by atoms with E-state index in [1.54, 1.807) is 6.20 Å². The van der Waals surface area contributed by atoms with E-state index in [-0.39, 0.29) is 18.3 Å². The zero-order valence-corrected chi connectivity index (χ0v) is 12.2. The number of hydrogen-bond donors (Lipinski definition) is 0. The molecule has 0 saturated carbocycles. The molecule has 1 aliphatic heterocycles. The zero-order chi connectivity index (χ0) is 14.1. The van der Waals surface area contributed by atoms with Crippen molar-refractivity contribution in [1.82, 2.24) is 19.4 Å². The van der Waals surface area contributed by atoms with Gasteiger partial charge in [-0.25, -0.2) is 9.97 Å². The van der Waals surface area contributed by atoms with Crippen LogP contribution in [0.5, 0.6) is 0 Å². The van der Waals surface area contributed by atoms with Crippen molar-refractivity contribution in [3.8, 4) is 0 Å². The molecule has 0 radical (unpaired) electrons. The predicted molar refractivity (Wildman–Crippen MR) is 77.6 cm³/mol. The average Bonchev–Trinajstić information content (AvgIpc) is 3.06. The van der Waals surface area contributed by atoms with E-state index in [0.717, 1.165) is 42.7 Å². The Labute approximate surface area is 122 Å². The summed E-state index contributed by atoms with van der Waals surface area (Å²) in [7, 11) is 0. The maximum Gasteiger partial charge on any atom is 0.242 e. The first-order valence-corrected chi connectivity index (χ1v) is 7.38. The molecule has 0 atom stereocenters. The van der Waals surface area contributed by atoms with Crippen LogP contribution in [0.4, 0.5) is 0 Å². The Balaban J connectivity index is 1.94. The quantitative estimate of drug-likeness (QED) is 0.814. The summed E-state index contributed by atoms with van der Waals surface area (Å²) in [6.45, 7) is 3.96. The number of fused-ring (bicyclic) bond motifs is 1.